The van der Waals surface area contributed by atoms with Gasteiger partial charge in [-0.25, -0.2) is 15.0 Å². The molecule has 162 valence electrons. The van der Waals surface area contributed by atoms with Crippen molar-refractivity contribution >= 4 is 39.8 Å². The molecule has 1 aliphatic heterocycles. The van der Waals surface area contributed by atoms with Gasteiger partial charge < -0.3 is 31.5 Å². The van der Waals surface area contributed by atoms with Gasteiger partial charge in [-0.1, -0.05) is 0 Å². The first-order valence-corrected chi connectivity index (χ1v) is 10.8. The van der Waals surface area contributed by atoms with Gasteiger partial charge in [0, 0.05) is 11.3 Å². The molecule has 0 aliphatic carbocycles. The van der Waals surface area contributed by atoms with Gasteiger partial charge in [0.2, 0.25) is 5.95 Å². The number of ether oxygens (including phenoxy) is 1. The van der Waals surface area contributed by atoms with E-state index >= 15 is 0 Å². The van der Waals surface area contributed by atoms with Crippen molar-refractivity contribution in [3.8, 4) is 0 Å². The lowest BCUT2D eigenvalue weighted by molar-refractivity contribution is -0.138. The molecule has 3 heterocycles. The summed E-state index contributed by atoms with van der Waals surface area (Å²) in [7, 11) is -0.326. The minimum Gasteiger partial charge on any atom is -0.480 e. The number of hydrogen-bond donors (Lipinski definition) is 5. The molecule has 1 fully saturated rings. The Morgan fingerprint density at radius 1 is 1.47 bits per heavy atom. The maximum Gasteiger partial charge on any atom is 0.320 e. The van der Waals surface area contributed by atoms with Crippen molar-refractivity contribution in [1.29, 1.82) is 0 Å². The molecule has 14 nitrogen and oxygen atoms in total. The summed E-state index contributed by atoms with van der Waals surface area (Å²) >= 11 is 0. The van der Waals surface area contributed by atoms with Crippen molar-refractivity contribution in [2.24, 2.45) is 10.8 Å². The number of aliphatic hydroxyl groups is 2. The number of imidazole rings is 1. The van der Waals surface area contributed by atoms with Gasteiger partial charge in [0.25, 0.3) is 0 Å². The van der Waals surface area contributed by atoms with Crippen molar-refractivity contribution in [3.05, 3.63) is 16.8 Å². The van der Waals surface area contributed by atoms with E-state index in [-0.39, 0.29) is 40.2 Å². The van der Waals surface area contributed by atoms with Crippen molar-refractivity contribution in [2.45, 2.75) is 37.0 Å². The lowest BCUT2D eigenvalue weighted by Gasteiger charge is -2.18. The summed E-state index contributed by atoms with van der Waals surface area (Å²) in [5.74, 6) is -0.245. The minimum absolute atomic E-state index is 0.0580. The molecule has 0 saturated carbocycles. The number of aliphatic carboxylic acids is 1. The quantitative estimate of drug-likeness (QED) is 0.146. The van der Waals surface area contributed by atoms with Gasteiger partial charge in [0.05, 0.1) is 6.26 Å². The lowest BCUT2D eigenvalue weighted by Crippen LogP contribution is -2.37. The average molecular weight is 440 g/mol. The molecule has 0 radical (unpaired) electrons. The molecule has 30 heavy (non-hydrogen) atoms. The second-order valence-electron chi connectivity index (χ2n) is 6.83. The van der Waals surface area contributed by atoms with Crippen molar-refractivity contribution in [2.75, 3.05) is 23.5 Å². The largest absolute Gasteiger partial charge is 0.480 e. The zero-order chi connectivity index (χ0) is 22.0. The van der Waals surface area contributed by atoms with Gasteiger partial charge >= 0.3 is 5.97 Å². The number of nitrogens with two attached hydrogens (primary N) is 2. The number of hydrogen-bond acceptors (Lipinski definition) is 10. The molecule has 6 atom stereocenters. The van der Waals surface area contributed by atoms with E-state index in [1.54, 1.807) is 0 Å². The molecule has 3 rings (SSSR count). The Kier molecular flexibility index (Phi) is 6.60. The van der Waals surface area contributed by atoms with Crippen LogP contribution in [0.15, 0.2) is 11.4 Å². The van der Waals surface area contributed by atoms with E-state index in [9.17, 15) is 15.0 Å². The molecule has 1 aliphatic rings. The molecule has 0 aromatic carbocycles. The van der Waals surface area contributed by atoms with Gasteiger partial charge in [0.1, 0.15) is 42.2 Å². The number of carboxylic acid groups (broad SMARTS) is 1. The Hall–Kier alpha value is -2.68. The maximum absolute atomic E-state index is 10.9. The van der Waals surface area contributed by atoms with E-state index in [1.165, 1.54) is 10.9 Å². The number of azide groups is 1. The van der Waals surface area contributed by atoms with E-state index in [0.717, 1.165) is 0 Å². The third-order valence-corrected chi connectivity index (χ3v) is 6.59. The third-order valence-electron chi connectivity index (χ3n) is 4.76. The van der Waals surface area contributed by atoms with E-state index in [4.69, 9.17) is 26.8 Å². The lowest BCUT2D eigenvalue weighted by atomic mass is 10.1. The van der Waals surface area contributed by atoms with Crippen LogP contribution in [0.2, 0.25) is 0 Å². The molecule has 2 unspecified atom stereocenters. The van der Waals surface area contributed by atoms with Gasteiger partial charge in [0.15, 0.2) is 23.2 Å². The number of nitrogen functional groups attached to an aromatic ring is 1. The van der Waals surface area contributed by atoms with E-state index in [2.05, 4.69) is 25.0 Å². The maximum atomic E-state index is 10.9. The zero-order valence-electron chi connectivity index (χ0n) is 15.9. The monoisotopic (exact) mass is 440 g/mol. The SMILES string of the molecule is C[S+](CCC(N)C(=O)O)C[C@H]1O[C@@H](n2c(N=[N+]=[N-])nc3c(N)ncnc32)[C@H](O)[C@@H]1O. The highest BCUT2D eigenvalue weighted by Gasteiger charge is 2.47. The summed E-state index contributed by atoms with van der Waals surface area (Å²) in [5.41, 5.74) is 20.5. The minimum atomic E-state index is -1.35. The Balaban J connectivity index is 1.82. The Morgan fingerprint density at radius 3 is 2.87 bits per heavy atom. The van der Waals surface area contributed by atoms with Crippen LogP contribution in [-0.4, -0.2) is 82.9 Å². The molecular formula is C15H22N9O5S+. The number of nitrogens with zero attached hydrogens (tertiary/aromatic N) is 7. The Morgan fingerprint density at radius 2 is 2.20 bits per heavy atom. The predicted molar refractivity (Wildman–Crippen MR) is 108 cm³/mol. The zero-order valence-corrected chi connectivity index (χ0v) is 16.8. The third kappa shape index (κ3) is 4.26. The number of carbonyl (C=O) groups is 1. The number of anilines is 1. The smallest absolute Gasteiger partial charge is 0.320 e. The standard InChI is InChI=1S/C15H21N9O5S/c1-30(3-2-6(16)14(27)28)4-7-9(25)10(26)13(29-7)24-12-8(11(17)19-5-20-12)21-15(24)22-23-18/h5-7,9-10,13,25-26H,2-4,16H2,1H3,(H2-,17,19,20,27,28)/p+1/t6?,7-,9-,10-,13-,30?/m1/s1. The molecule has 0 amide bonds. The second kappa shape index (κ2) is 8.99. The highest BCUT2D eigenvalue weighted by Crippen LogP contribution is 2.36. The molecule has 2 aromatic rings. The normalized spacial score (nSPS) is 25.7. The first kappa shape index (κ1) is 22.0. The van der Waals surface area contributed by atoms with Crippen LogP contribution < -0.4 is 11.5 Å². The number of rotatable bonds is 8. The predicted octanol–water partition coefficient (Wildman–Crippen LogP) is -0.980. The first-order chi connectivity index (χ1) is 14.2. The van der Waals surface area contributed by atoms with Crippen LogP contribution in [0.1, 0.15) is 12.6 Å². The molecule has 0 bridgehead atoms. The van der Waals surface area contributed by atoms with Gasteiger partial charge in [-0.15, -0.1) is 0 Å². The number of aromatic nitrogens is 4. The number of fused-ring (bicyclic) bond motifs is 1. The fraction of sp³-hybridized carbons (Fsp3) is 0.600. The van der Waals surface area contributed by atoms with Gasteiger partial charge in [-0.05, 0) is 21.5 Å². The molecule has 0 spiro atoms. The number of aliphatic hydroxyl groups excluding tert-OH is 2. The summed E-state index contributed by atoms with van der Waals surface area (Å²) in [6.45, 7) is 0. The summed E-state index contributed by atoms with van der Waals surface area (Å²) < 4.78 is 7.16. The molecule has 1 saturated heterocycles. The van der Waals surface area contributed by atoms with Crippen LogP contribution in [-0.2, 0) is 20.4 Å². The molecule has 15 heteroatoms. The Labute approximate surface area is 172 Å². The molecular weight excluding hydrogens is 418 g/mol. The van der Waals surface area contributed by atoms with Crippen LogP contribution in [0.4, 0.5) is 11.8 Å². The summed E-state index contributed by atoms with van der Waals surface area (Å²) in [4.78, 5) is 25.6. The molecule has 7 N–H and O–H groups in total. The van der Waals surface area contributed by atoms with Crippen LogP contribution >= 0.6 is 0 Å². The summed E-state index contributed by atoms with van der Waals surface area (Å²) in [6.07, 6.45) is -1.06. The van der Waals surface area contributed by atoms with Gasteiger partial charge in [-0.2, -0.15) is 0 Å². The topological polar surface area (TPSA) is 231 Å². The van der Waals surface area contributed by atoms with Crippen molar-refractivity contribution in [1.82, 2.24) is 19.5 Å². The number of carboxylic acids is 1. The van der Waals surface area contributed by atoms with Crippen molar-refractivity contribution < 1.29 is 24.9 Å². The van der Waals surface area contributed by atoms with E-state index in [1.807, 2.05) is 6.26 Å². The summed E-state index contributed by atoms with van der Waals surface area (Å²) in [6, 6.07) is -0.957. The summed E-state index contributed by atoms with van der Waals surface area (Å²) in [5, 5.41) is 33.5. The van der Waals surface area contributed by atoms with Crippen LogP contribution in [0, 0.1) is 0 Å². The van der Waals surface area contributed by atoms with Crippen LogP contribution in [0.3, 0.4) is 0 Å². The van der Waals surface area contributed by atoms with Crippen LogP contribution in [0.5, 0.6) is 0 Å². The Bertz CT molecular complexity index is 981. The average Bonchev–Trinajstić information content (AvgIpc) is 3.19. The highest BCUT2D eigenvalue weighted by molar-refractivity contribution is 7.96. The fourth-order valence-corrected chi connectivity index (χ4v) is 4.81. The van der Waals surface area contributed by atoms with E-state index in [0.29, 0.717) is 11.5 Å². The highest BCUT2D eigenvalue weighted by atomic mass is 32.2. The van der Waals surface area contributed by atoms with Gasteiger partial charge in [-0.3, -0.25) is 9.36 Å². The van der Waals surface area contributed by atoms with Crippen LogP contribution in [0.25, 0.3) is 21.6 Å². The molecule has 2 aromatic heterocycles. The first-order valence-electron chi connectivity index (χ1n) is 8.87. The van der Waals surface area contributed by atoms with Crippen molar-refractivity contribution in [3.63, 3.8) is 0 Å². The van der Waals surface area contributed by atoms with E-state index < -0.39 is 36.6 Å². The second-order valence-corrected chi connectivity index (χ2v) is 9.14. The fourth-order valence-electron chi connectivity index (χ4n) is 3.16.